The van der Waals surface area contributed by atoms with E-state index in [1.807, 2.05) is 0 Å². The number of hydrogen-bond acceptors (Lipinski definition) is 3. The largest absolute Gasteiger partial charge is 0.452 e. The van der Waals surface area contributed by atoms with Crippen LogP contribution in [0.3, 0.4) is 0 Å². The fourth-order valence-electron chi connectivity index (χ4n) is 2.09. The smallest absolute Gasteiger partial charge is 0.416 e. The molecule has 2 aromatic rings. The van der Waals surface area contributed by atoms with Crippen LogP contribution in [0.2, 0.25) is 0 Å². The second kappa shape index (κ2) is 7.99. The number of ether oxygens (including phenoxy) is 1. The van der Waals surface area contributed by atoms with Gasteiger partial charge in [0.1, 0.15) is 5.82 Å². The van der Waals surface area contributed by atoms with Gasteiger partial charge in [0.25, 0.3) is 5.91 Å². The summed E-state index contributed by atoms with van der Waals surface area (Å²) in [5.41, 5.74) is -0.699. The van der Waals surface area contributed by atoms with Crippen LogP contribution in [0.4, 0.5) is 17.6 Å². The maximum atomic E-state index is 13.6. The molecule has 26 heavy (non-hydrogen) atoms. The van der Waals surface area contributed by atoms with Crippen molar-refractivity contribution in [3.63, 3.8) is 0 Å². The minimum atomic E-state index is -4.51. The molecule has 1 amide bonds. The zero-order chi connectivity index (χ0) is 19.3. The molecule has 0 atom stereocenters. The van der Waals surface area contributed by atoms with Crippen LogP contribution in [-0.2, 0) is 22.3 Å². The van der Waals surface area contributed by atoms with Crippen LogP contribution in [0.15, 0.2) is 48.5 Å². The third kappa shape index (κ3) is 5.05. The minimum absolute atomic E-state index is 0.0106. The number of esters is 1. The minimum Gasteiger partial charge on any atom is -0.452 e. The van der Waals surface area contributed by atoms with Crippen molar-refractivity contribution in [2.75, 3.05) is 13.7 Å². The van der Waals surface area contributed by atoms with E-state index in [4.69, 9.17) is 4.74 Å². The lowest BCUT2D eigenvalue weighted by Gasteiger charge is -2.17. The van der Waals surface area contributed by atoms with Crippen molar-refractivity contribution < 1.29 is 31.9 Å². The number of halogens is 4. The Morgan fingerprint density at radius 1 is 1.04 bits per heavy atom. The maximum absolute atomic E-state index is 13.6. The average molecular weight is 369 g/mol. The summed E-state index contributed by atoms with van der Waals surface area (Å²) in [6.45, 7) is -0.617. The molecule has 0 aromatic heterocycles. The summed E-state index contributed by atoms with van der Waals surface area (Å²) in [6, 6.07) is 9.38. The molecule has 0 spiro atoms. The van der Waals surface area contributed by atoms with Gasteiger partial charge in [0, 0.05) is 19.2 Å². The molecule has 0 aliphatic carbocycles. The van der Waals surface area contributed by atoms with Crippen molar-refractivity contribution in [2.45, 2.75) is 12.7 Å². The lowest BCUT2D eigenvalue weighted by molar-refractivity contribution is -0.137. The lowest BCUT2D eigenvalue weighted by atomic mass is 10.1. The van der Waals surface area contributed by atoms with Crippen LogP contribution >= 0.6 is 0 Å². The molecule has 0 saturated carbocycles. The van der Waals surface area contributed by atoms with E-state index in [9.17, 15) is 27.2 Å². The quantitative estimate of drug-likeness (QED) is 0.597. The fourth-order valence-corrected chi connectivity index (χ4v) is 2.09. The van der Waals surface area contributed by atoms with E-state index in [1.54, 1.807) is 6.07 Å². The van der Waals surface area contributed by atoms with Crippen molar-refractivity contribution in [1.29, 1.82) is 0 Å². The Labute approximate surface area is 147 Å². The Morgan fingerprint density at radius 2 is 1.65 bits per heavy atom. The summed E-state index contributed by atoms with van der Waals surface area (Å²) in [5, 5.41) is 0. The van der Waals surface area contributed by atoms with Crippen LogP contribution in [0.25, 0.3) is 0 Å². The van der Waals surface area contributed by atoms with E-state index in [1.165, 1.54) is 30.1 Å². The van der Waals surface area contributed by atoms with Gasteiger partial charge in [-0.15, -0.1) is 0 Å². The number of benzene rings is 2. The third-order valence-electron chi connectivity index (χ3n) is 3.57. The van der Waals surface area contributed by atoms with E-state index >= 15 is 0 Å². The number of nitrogens with zero attached hydrogens (tertiary/aromatic N) is 1. The van der Waals surface area contributed by atoms with Crippen molar-refractivity contribution in [1.82, 2.24) is 4.90 Å². The number of hydrogen-bond donors (Lipinski definition) is 0. The number of rotatable bonds is 5. The number of carbonyl (C=O) groups excluding carboxylic acids is 2. The molecule has 2 aromatic carbocycles. The highest BCUT2D eigenvalue weighted by atomic mass is 19.4. The highest BCUT2D eigenvalue weighted by Gasteiger charge is 2.30. The maximum Gasteiger partial charge on any atom is 0.416 e. The molecular formula is C18H15F4NO3. The zero-order valence-corrected chi connectivity index (χ0v) is 13.7. The molecule has 0 heterocycles. The second-order valence-corrected chi connectivity index (χ2v) is 5.49. The standard InChI is InChI=1S/C18H15F4NO3/c1-23(10-13-4-2-3-5-15(13)19)16(24)11-26-17(25)12-6-8-14(9-7-12)18(20,21)22/h2-9H,10-11H2,1H3. The Kier molecular flexibility index (Phi) is 5.97. The van der Waals surface area contributed by atoms with Crippen molar-refractivity contribution >= 4 is 11.9 Å². The fraction of sp³-hybridized carbons (Fsp3) is 0.222. The molecule has 2 rings (SSSR count). The van der Waals surface area contributed by atoms with Gasteiger partial charge in [-0.2, -0.15) is 13.2 Å². The van der Waals surface area contributed by atoms with E-state index in [-0.39, 0.29) is 12.1 Å². The van der Waals surface area contributed by atoms with Gasteiger partial charge in [0.05, 0.1) is 11.1 Å². The molecule has 0 bridgehead atoms. The predicted molar refractivity (Wildman–Crippen MR) is 84.6 cm³/mol. The van der Waals surface area contributed by atoms with E-state index < -0.39 is 36.0 Å². The van der Waals surface area contributed by atoms with Crippen LogP contribution < -0.4 is 0 Å². The molecular weight excluding hydrogens is 354 g/mol. The van der Waals surface area contributed by atoms with Crippen molar-refractivity contribution in [3.8, 4) is 0 Å². The Hall–Kier alpha value is -2.90. The molecule has 0 aliphatic rings. The van der Waals surface area contributed by atoms with Gasteiger partial charge in [0.15, 0.2) is 6.61 Å². The Morgan fingerprint density at radius 3 is 2.23 bits per heavy atom. The van der Waals surface area contributed by atoms with Crippen LogP contribution in [0.1, 0.15) is 21.5 Å². The first kappa shape index (κ1) is 19.4. The third-order valence-corrected chi connectivity index (χ3v) is 3.57. The van der Waals surface area contributed by atoms with Gasteiger partial charge in [-0.1, -0.05) is 18.2 Å². The molecule has 0 aliphatic heterocycles. The van der Waals surface area contributed by atoms with Crippen molar-refractivity contribution in [2.24, 2.45) is 0 Å². The van der Waals surface area contributed by atoms with E-state index in [0.717, 1.165) is 24.3 Å². The van der Waals surface area contributed by atoms with Crippen LogP contribution in [-0.4, -0.2) is 30.4 Å². The van der Waals surface area contributed by atoms with E-state index in [0.29, 0.717) is 5.56 Å². The number of alkyl halides is 3. The summed E-state index contributed by atoms with van der Waals surface area (Å²) in [6.07, 6.45) is -4.51. The SMILES string of the molecule is CN(Cc1ccccc1F)C(=O)COC(=O)c1ccc(C(F)(F)F)cc1. The topological polar surface area (TPSA) is 46.6 Å². The first-order valence-electron chi connectivity index (χ1n) is 7.50. The van der Waals surface area contributed by atoms with Gasteiger partial charge >= 0.3 is 12.1 Å². The number of amides is 1. The average Bonchev–Trinajstić information content (AvgIpc) is 2.60. The van der Waals surface area contributed by atoms with Gasteiger partial charge in [-0.3, -0.25) is 4.79 Å². The molecule has 8 heteroatoms. The molecule has 4 nitrogen and oxygen atoms in total. The predicted octanol–water partition coefficient (Wildman–Crippen LogP) is 3.66. The first-order chi connectivity index (χ1) is 12.2. The number of likely N-dealkylation sites (N-methyl/N-ethyl adjacent to an activating group) is 1. The monoisotopic (exact) mass is 369 g/mol. The van der Waals surface area contributed by atoms with Gasteiger partial charge in [0.2, 0.25) is 0 Å². The summed E-state index contributed by atoms with van der Waals surface area (Å²) >= 11 is 0. The van der Waals surface area contributed by atoms with Crippen molar-refractivity contribution in [3.05, 3.63) is 71.0 Å². The highest BCUT2D eigenvalue weighted by Crippen LogP contribution is 2.29. The zero-order valence-electron chi connectivity index (χ0n) is 13.7. The Bertz CT molecular complexity index is 788. The molecule has 0 radical (unpaired) electrons. The van der Waals surface area contributed by atoms with Crippen LogP contribution in [0, 0.1) is 5.82 Å². The molecule has 0 fully saturated rings. The summed E-state index contributed by atoms with van der Waals surface area (Å²) in [7, 11) is 1.42. The van der Waals surface area contributed by atoms with Gasteiger partial charge in [-0.05, 0) is 30.3 Å². The van der Waals surface area contributed by atoms with E-state index in [2.05, 4.69) is 0 Å². The molecule has 0 N–H and O–H groups in total. The number of carbonyl (C=O) groups is 2. The van der Waals surface area contributed by atoms with Gasteiger partial charge < -0.3 is 9.64 Å². The summed E-state index contributed by atoms with van der Waals surface area (Å²) in [5.74, 6) is -1.96. The highest BCUT2D eigenvalue weighted by molar-refractivity contribution is 5.91. The molecule has 0 saturated heterocycles. The summed E-state index contributed by atoms with van der Waals surface area (Å²) in [4.78, 5) is 24.9. The van der Waals surface area contributed by atoms with Crippen LogP contribution in [0.5, 0.6) is 0 Å². The molecule has 0 unspecified atom stereocenters. The Balaban J connectivity index is 1.90. The first-order valence-corrected chi connectivity index (χ1v) is 7.50. The summed E-state index contributed by atoms with van der Waals surface area (Å²) < 4.78 is 55.8. The van der Waals surface area contributed by atoms with Gasteiger partial charge in [-0.25, -0.2) is 9.18 Å². The lowest BCUT2D eigenvalue weighted by Crippen LogP contribution is -2.31. The second-order valence-electron chi connectivity index (χ2n) is 5.49. The molecule has 138 valence electrons. The normalized spacial score (nSPS) is 11.1.